The molecule has 0 atom stereocenters. The molecule has 0 heterocycles. The number of hydrogen-bond acceptors (Lipinski definition) is 3. The summed E-state index contributed by atoms with van der Waals surface area (Å²) in [5.41, 5.74) is 5.26. The van der Waals surface area contributed by atoms with Gasteiger partial charge in [-0.2, -0.15) is 0 Å². The summed E-state index contributed by atoms with van der Waals surface area (Å²) in [7, 11) is 0. The SMILES string of the molecule is CCOc1ccc(OCCCCC(=N)N)cc1. The van der Waals surface area contributed by atoms with Gasteiger partial charge in [-0.05, 0) is 44.0 Å². The molecule has 0 unspecified atom stereocenters. The maximum atomic E-state index is 7.08. The Morgan fingerprint density at radius 2 is 1.71 bits per heavy atom. The molecule has 0 bridgehead atoms. The van der Waals surface area contributed by atoms with Crippen LogP contribution in [0, 0.1) is 5.41 Å². The van der Waals surface area contributed by atoms with Crippen molar-refractivity contribution in [3.63, 3.8) is 0 Å². The molecule has 1 aromatic rings. The average molecular weight is 236 g/mol. The lowest BCUT2D eigenvalue weighted by atomic mass is 10.2. The van der Waals surface area contributed by atoms with E-state index in [0.717, 1.165) is 24.3 Å². The fourth-order valence-electron chi connectivity index (χ4n) is 1.41. The van der Waals surface area contributed by atoms with E-state index in [1.807, 2.05) is 31.2 Å². The van der Waals surface area contributed by atoms with Crippen LogP contribution in [0.5, 0.6) is 11.5 Å². The molecular weight excluding hydrogens is 216 g/mol. The van der Waals surface area contributed by atoms with E-state index in [9.17, 15) is 0 Å². The fourth-order valence-corrected chi connectivity index (χ4v) is 1.41. The lowest BCUT2D eigenvalue weighted by molar-refractivity contribution is 0.305. The normalized spacial score (nSPS) is 9.94. The van der Waals surface area contributed by atoms with E-state index in [0.29, 0.717) is 19.6 Å². The highest BCUT2D eigenvalue weighted by Crippen LogP contribution is 2.17. The molecule has 0 saturated carbocycles. The molecule has 1 aromatic carbocycles. The van der Waals surface area contributed by atoms with Crippen molar-refractivity contribution in [2.24, 2.45) is 5.73 Å². The molecule has 94 valence electrons. The van der Waals surface area contributed by atoms with Crippen molar-refractivity contribution < 1.29 is 9.47 Å². The monoisotopic (exact) mass is 236 g/mol. The fraction of sp³-hybridized carbons (Fsp3) is 0.462. The Balaban J connectivity index is 2.20. The van der Waals surface area contributed by atoms with Crippen LogP contribution in [0.3, 0.4) is 0 Å². The van der Waals surface area contributed by atoms with Crippen molar-refractivity contribution >= 4 is 5.84 Å². The lowest BCUT2D eigenvalue weighted by Gasteiger charge is -2.07. The van der Waals surface area contributed by atoms with Gasteiger partial charge in [0.05, 0.1) is 19.0 Å². The zero-order valence-electron chi connectivity index (χ0n) is 10.2. The molecule has 0 amide bonds. The van der Waals surface area contributed by atoms with E-state index < -0.39 is 0 Å². The summed E-state index contributed by atoms with van der Waals surface area (Å²) < 4.78 is 10.9. The summed E-state index contributed by atoms with van der Waals surface area (Å²) in [5, 5.41) is 7.08. The van der Waals surface area contributed by atoms with Gasteiger partial charge in [-0.15, -0.1) is 0 Å². The standard InChI is InChI=1S/C13H20N2O2/c1-2-16-11-6-8-12(9-7-11)17-10-4-3-5-13(14)15/h6-9H,2-5,10H2,1H3,(H3,14,15). The van der Waals surface area contributed by atoms with Gasteiger partial charge >= 0.3 is 0 Å². The smallest absolute Gasteiger partial charge is 0.119 e. The van der Waals surface area contributed by atoms with E-state index in [-0.39, 0.29) is 5.84 Å². The van der Waals surface area contributed by atoms with Crippen molar-refractivity contribution in [1.82, 2.24) is 0 Å². The summed E-state index contributed by atoms with van der Waals surface area (Å²) in [6, 6.07) is 7.59. The van der Waals surface area contributed by atoms with Gasteiger partial charge in [0.1, 0.15) is 11.5 Å². The second-order valence-electron chi connectivity index (χ2n) is 3.74. The van der Waals surface area contributed by atoms with E-state index in [2.05, 4.69) is 0 Å². The van der Waals surface area contributed by atoms with Gasteiger partial charge < -0.3 is 15.2 Å². The summed E-state index contributed by atoms with van der Waals surface area (Å²) in [4.78, 5) is 0. The number of rotatable bonds is 8. The molecule has 0 spiro atoms. The molecule has 0 saturated heterocycles. The quantitative estimate of drug-likeness (QED) is 0.414. The number of nitrogens with two attached hydrogens (primary N) is 1. The zero-order chi connectivity index (χ0) is 12.5. The summed E-state index contributed by atoms with van der Waals surface area (Å²) in [5.74, 6) is 1.94. The number of amidine groups is 1. The van der Waals surface area contributed by atoms with Crippen LogP contribution in [0.25, 0.3) is 0 Å². The third-order valence-electron chi connectivity index (χ3n) is 2.24. The van der Waals surface area contributed by atoms with E-state index in [1.54, 1.807) is 0 Å². The molecule has 17 heavy (non-hydrogen) atoms. The number of unbranched alkanes of at least 4 members (excludes halogenated alkanes) is 1. The second kappa shape index (κ2) is 7.54. The third-order valence-corrected chi connectivity index (χ3v) is 2.24. The molecule has 0 aromatic heterocycles. The second-order valence-corrected chi connectivity index (χ2v) is 3.74. The van der Waals surface area contributed by atoms with Crippen molar-refractivity contribution in [2.75, 3.05) is 13.2 Å². The van der Waals surface area contributed by atoms with Crippen LogP contribution < -0.4 is 15.2 Å². The first-order valence-electron chi connectivity index (χ1n) is 5.91. The largest absolute Gasteiger partial charge is 0.494 e. The Morgan fingerprint density at radius 3 is 2.24 bits per heavy atom. The Bertz CT molecular complexity index is 336. The zero-order valence-corrected chi connectivity index (χ0v) is 10.2. The first kappa shape index (κ1) is 13.4. The molecule has 0 fully saturated rings. The highest BCUT2D eigenvalue weighted by atomic mass is 16.5. The van der Waals surface area contributed by atoms with E-state index in [1.165, 1.54) is 0 Å². The van der Waals surface area contributed by atoms with Crippen molar-refractivity contribution in [1.29, 1.82) is 5.41 Å². The molecule has 0 aliphatic heterocycles. The maximum absolute atomic E-state index is 7.08. The first-order valence-corrected chi connectivity index (χ1v) is 5.91. The molecule has 4 heteroatoms. The van der Waals surface area contributed by atoms with Crippen molar-refractivity contribution in [2.45, 2.75) is 26.2 Å². The van der Waals surface area contributed by atoms with Gasteiger partial charge in [-0.1, -0.05) is 0 Å². The van der Waals surface area contributed by atoms with Gasteiger partial charge in [0.25, 0.3) is 0 Å². The molecule has 0 radical (unpaired) electrons. The highest BCUT2D eigenvalue weighted by molar-refractivity contribution is 5.76. The summed E-state index contributed by atoms with van der Waals surface area (Å²) in [6.07, 6.45) is 2.45. The molecule has 4 nitrogen and oxygen atoms in total. The van der Waals surface area contributed by atoms with Gasteiger partial charge in [-0.25, -0.2) is 0 Å². The number of nitrogens with one attached hydrogen (secondary N) is 1. The van der Waals surface area contributed by atoms with E-state index >= 15 is 0 Å². The van der Waals surface area contributed by atoms with Crippen LogP contribution in [-0.4, -0.2) is 19.0 Å². The van der Waals surface area contributed by atoms with Crippen LogP contribution in [0.15, 0.2) is 24.3 Å². The maximum Gasteiger partial charge on any atom is 0.119 e. The molecule has 0 aliphatic carbocycles. The minimum absolute atomic E-state index is 0.242. The van der Waals surface area contributed by atoms with Gasteiger partial charge in [0.15, 0.2) is 0 Å². The highest BCUT2D eigenvalue weighted by Gasteiger charge is 1.96. The minimum atomic E-state index is 0.242. The van der Waals surface area contributed by atoms with Gasteiger partial charge in [0, 0.05) is 6.42 Å². The Hall–Kier alpha value is -1.71. The summed E-state index contributed by atoms with van der Waals surface area (Å²) in [6.45, 7) is 3.28. The minimum Gasteiger partial charge on any atom is -0.494 e. The third kappa shape index (κ3) is 5.80. The summed E-state index contributed by atoms with van der Waals surface area (Å²) >= 11 is 0. The van der Waals surface area contributed by atoms with Crippen LogP contribution in [-0.2, 0) is 0 Å². The van der Waals surface area contributed by atoms with Gasteiger partial charge in [0.2, 0.25) is 0 Å². The topological polar surface area (TPSA) is 68.3 Å². The van der Waals surface area contributed by atoms with Crippen LogP contribution in [0.1, 0.15) is 26.2 Å². The molecule has 1 rings (SSSR count). The number of ether oxygens (including phenoxy) is 2. The molecular formula is C13H20N2O2. The molecule has 0 aliphatic rings. The van der Waals surface area contributed by atoms with Crippen molar-refractivity contribution in [3.05, 3.63) is 24.3 Å². The predicted molar refractivity (Wildman–Crippen MR) is 68.9 cm³/mol. The average Bonchev–Trinajstić information content (AvgIpc) is 2.31. The number of benzene rings is 1. The Kier molecular flexibility index (Phi) is 5.93. The van der Waals surface area contributed by atoms with Crippen LogP contribution in [0.2, 0.25) is 0 Å². The Morgan fingerprint density at radius 1 is 1.12 bits per heavy atom. The van der Waals surface area contributed by atoms with Crippen LogP contribution in [0.4, 0.5) is 0 Å². The Labute approximate surface area is 102 Å². The first-order chi connectivity index (χ1) is 8.22. The van der Waals surface area contributed by atoms with Gasteiger partial charge in [-0.3, -0.25) is 5.41 Å². The predicted octanol–water partition coefficient (Wildman–Crippen LogP) is 2.57. The molecule has 3 N–H and O–H groups in total. The van der Waals surface area contributed by atoms with E-state index in [4.69, 9.17) is 20.6 Å². The van der Waals surface area contributed by atoms with Crippen LogP contribution >= 0.6 is 0 Å². The lowest BCUT2D eigenvalue weighted by Crippen LogP contribution is -2.09. The van der Waals surface area contributed by atoms with Crippen molar-refractivity contribution in [3.8, 4) is 11.5 Å². The number of hydrogen-bond donors (Lipinski definition) is 2.